The Kier molecular flexibility index (Phi) is 16.3. The third kappa shape index (κ3) is 16.1. The lowest BCUT2D eigenvalue weighted by molar-refractivity contribution is 0.545. The Morgan fingerprint density at radius 1 is 0.647 bits per heavy atom. The van der Waals surface area contributed by atoms with Crippen LogP contribution in [0.1, 0.15) is 64.2 Å². The summed E-state index contributed by atoms with van der Waals surface area (Å²) in [6, 6.07) is 1.44. The molecule has 0 rings (SSSR count). The third-order valence-electron chi connectivity index (χ3n) is 3.26. The second-order valence-electron chi connectivity index (χ2n) is 5.07. The van der Waals surface area contributed by atoms with Gasteiger partial charge in [0.2, 0.25) is 0 Å². The van der Waals surface area contributed by atoms with Gasteiger partial charge in [-0.3, -0.25) is 0 Å². The Hall–Kier alpha value is 0.137. The van der Waals surface area contributed by atoms with Gasteiger partial charge in [-0.1, -0.05) is 51.0 Å². The SMILES string of the molecule is NCCCCCCCCCCCNCCC[SiH3]. The standard InChI is InChI=1S/C14H34N2Si/c15-11-8-6-4-2-1-3-5-7-9-12-16-13-10-14-17/h16H,1-15H2,17H3. The van der Waals surface area contributed by atoms with Crippen LogP contribution in [0, 0.1) is 0 Å². The second kappa shape index (κ2) is 16.1. The van der Waals surface area contributed by atoms with Crippen molar-refractivity contribution in [2.24, 2.45) is 5.73 Å². The minimum Gasteiger partial charge on any atom is -0.330 e. The van der Waals surface area contributed by atoms with E-state index in [9.17, 15) is 0 Å². The molecule has 0 saturated carbocycles. The molecule has 0 aliphatic heterocycles. The first-order chi connectivity index (χ1) is 8.41. The van der Waals surface area contributed by atoms with Crippen molar-refractivity contribution in [2.45, 2.75) is 70.3 Å². The van der Waals surface area contributed by atoms with Gasteiger partial charge in [0.15, 0.2) is 0 Å². The van der Waals surface area contributed by atoms with Crippen LogP contribution < -0.4 is 11.1 Å². The van der Waals surface area contributed by atoms with Crippen molar-refractivity contribution in [1.82, 2.24) is 5.32 Å². The average Bonchev–Trinajstić information content (AvgIpc) is 2.35. The molecule has 0 atom stereocenters. The summed E-state index contributed by atoms with van der Waals surface area (Å²) in [4.78, 5) is 0. The Morgan fingerprint density at radius 3 is 1.65 bits per heavy atom. The van der Waals surface area contributed by atoms with E-state index in [1.165, 1.54) is 93.6 Å². The molecule has 0 aromatic rings. The summed E-state index contributed by atoms with van der Waals surface area (Å²) < 4.78 is 0. The highest BCUT2D eigenvalue weighted by Crippen LogP contribution is 2.09. The first kappa shape index (κ1) is 17.1. The normalized spacial score (nSPS) is 11.1. The molecule has 17 heavy (non-hydrogen) atoms. The monoisotopic (exact) mass is 258 g/mol. The highest BCUT2D eigenvalue weighted by Gasteiger charge is 1.92. The van der Waals surface area contributed by atoms with E-state index in [2.05, 4.69) is 5.32 Å². The molecule has 0 unspecified atom stereocenters. The van der Waals surface area contributed by atoms with Crippen molar-refractivity contribution in [3.8, 4) is 0 Å². The average molecular weight is 259 g/mol. The predicted molar refractivity (Wildman–Crippen MR) is 82.8 cm³/mol. The van der Waals surface area contributed by atoms with Gasteiger partial charge in [0.05, 0.1) is 0 Å². The summed E-state index contributed by atoms with van der Waals surface area (Å²) in [6.07, 6.45) is 13.8. The molecule has 0 amide bonds. The summed E-state index contributed by atoms with van der Waals surface area (Å²) in [6.45, 7) is 3.34. The van der Waals surface area contributed by atoms with Crippen LogP contribution in [0.3, 0.4) is 0 Å². The van der Waals surface area contributed by atoms with Crippen LogP contribution in [0.5, 0.6) is 0 Å². The van der Waals surface area contributed by atoms with Crippen LogP contribution in [-0.2, 0) is 0 Å². The highest BCUT2D eigenvalue weighted by atomic mass is 28.1. The van der Waals surface area contributed by atoms with Crippen molar-refractivity contribution >= 4 is 10.2 Å². The molecule has 0 radical (unpaired) electrons. The summed E-state index contributed by atoms with van der Waals surface area (Å²) >= 11 is 0. The van der Waals surface area contributed by atoms with E-state index in [1.807, 2.05) is 0 Å². The van der Waals surface area contributed by atoms with Crippen LogP contribution in [-0.4, -0.2) is 29.9 Å². The number of hydrogen-bond donors (Lipinski definition) is 2. The topological polar surface area (TPSA) is 38.0 Å². The summed E-state index contributed by atoms with van der Waals surface area (Å²) in [7, 11) is 1.36. The van der Waals surface area contributed by atoms with E-state index in [-0.39, 0.29) is 0 Å². The number of nitrogens with two attached hydrogens (primary N) is 1. The molecule has 0 saturated heterocycles. The van der Waals surface area contributed by atoms with E-state index in [0.29, 0.717) is 0 Å². The van der Waals surface area contributed by atoms with Gasteiger partial charge in [-0.25, -0.2) is 0 Å². The van der Waals surface area contributed by atoms with E-state index in [4.69, 9.17) is 5.73 Å². The van der Waals surface area contributed by atoms with Crippen LogP contribution >= 0.6 is 0 Å². The molecule has 104 valence electrons. The third-order valence-corrected chi connectivity index (χ3v) is 3.97. The maximum Gasteiger partial charge on any atom is 0.00286 e. The van der Waals surface area contributed by atoms with Crippen LogP contribution in [0.2, 0.25) is 6.04 Å². The lowest BCUT2D eigenvalue weighted by atomic mass is 10.1. The Balaban J connectivity index is 2.85. The van der Waals surface area contributed by atoms with Gasteiger partial charge in [-0.15, -0.1) is 0 Å². The zero-order valence-electron chi connectivity index (χ0n) is 12.0. The largest absolute Gasteiger partial charge is 0.330 e. The quantitative estimate of drug-likeness (QED) is 0.370. The lowest BCUT2D eigenvalue weighted by Gasteiger charge is -2.04. The fourth-order valence-corrected chi connectivity index (χ4v) is 2.41. The molecule has 3 heteroatoms. The summed E-state index contributed by atoms with van der Waals surface area (Å²) in [5, 5.41) is 3.52. The van der Waals surface area contributed by atoms with Gasteiger partial charge < -0.3 is 11.1 Å². The minimum atomic E-state index is 0.868. The number of nitrogens with one attached hydrogen (secondary N) is 1. The Morgan fingerprint density at radius 2 is 1.12 bits per heavy atom. The molecule has 0 aromatic carbocycles. The van der Waals surface area contributed by atoms with E-state index in [1.54, 1.807) is 0 Å². The van der Waals surface area contributed by atoms with E-state index < -0.39 is 0 Å². The van der Waals surface area contributed by atoms with Gasteiger partial charge in [0, 0.05) is 10.2 Å². The fourth-order valence-electron chi connectivity index (χ4n) is 2.06. The maximum atomic E-state index is 5.46. The van der Waals surface area contributed by atoms with Crippen molar-refractivity contribution < 1.29 is 0 Å². The number of rotatable bonds is 14. The molecular formula is C14H34N2Si. The van der Waals surface area contributed by atoms with Gasteiger partial charge in [0.25, 0.3) is 0 Å². The number of unbranched alkanes of at least 4 members (excludes halogenated alkanes) is 8. The molecule has 0 spiro atoms. The fraction of sp³-hybridized carbons (Fsp3) is 1.00. The van der Waals surface area contributed by atoms with Crippen LogP contribution in [0.4, 0.5) is 0 Å². The number of hydrogen-bond acceptors (Lipinski definition) is 2. The second-order valence-corrected chi connectivity index (χ2v) is 6.07. The minimum absolute atomic E-state index is 0.868. The van der Waals surface area contributed by atoms with Crippen molar-refractivity contribution in [3.05, 3.63) is 0 Å². The van der Waals surface area contributed by atoms with Crippen molar-refractivity contribution in [3.63, 3.8) is 0 Å². The maximum absolute atomic E-state index is 5.46. The molecule has 0 aliphatic rings. The molecule has 2 nitrogen and oxygen atoms in total. The Bertz CT molecular complexity index is 117. The predicted octanol–water partition coefficient (Wildman–Crippen LogP) is 2.22. The highest BCUT2D eigenvalue weighted by molar-refractivity contribution is 6.08. The molecule has 0 bridgehead atoms. The van der Waals surface area contributed by atoms with Gasteiger partial charge >= 0.3 is 0 Å². The zero-order chi connectivity index (χ0) is 12.6. The summed E-state index contributed by atoms with van der Waals surface area (Å²) in [5.41, 5.74) is 5.46. The molecule has 0 aromatic heterocycles. The van der Waals surface area contributed by atoms with Crippen LogP contribution in [0.25, 0.3) is 0 Å². The van der Waals surface area contributed by atoms with Crippen LogP contribution in [0.15, 0.2) is 0 Å². The van der Waals surface area contributed by atoms with E-state index in [0.717, 1.165) is 6.54 Å². The zero-order valence-corrected chi connectivity index (χ0v) is 14.0. The smallest absolute Gasteiger partial charge is 0.00286 e. The summed E-state index contributed by atoms with van der Waals surface area (Å²) in [5.74, 6) is 0. The first-order valence-corrected chi connectivity index (χ1v) is 9.24. The van der Waals surface area contributed by atoms with Crippen molar-refractivity contribution in [1.29, 1.82) is 0 Å². The van der Waals surface area contributed by atoms with Gasteiger partial charge in [-0.2, -0.15) is 0 Å². The molecule has 0 fully saturated rings. The Labute approximate surface area is 112 Å². The molecule has 3 N–H and O–H groups in total. The molecule has 0 aliphatic carbocycles. The molecular weight excluding hydrogens is 224 g/mol. The van der Waals surface area contributed by atoms with E-state index >= 15 is 0 Å². The van der Waals surface area contributed by atoms with Gasteiger partial charge in [-0.05, 0) is 38.9 Å². The first-order valence-electron chi connectivity index (χ1n) is 7.82. The van der Waals surface area contributed by atoms with Gasteiger partial charge in [0.1, 0.15) is 0 Å². The van der Waals surface area contributed by atoms with Crippen molar-refractivity contribution in [2.75, 3.05) is 19.6 Å². The molecule has 0 heterocycles. The lowest BCUT2D eigenvalue weighted by Crippen LogP contribution is -2.16.